The molecule has 0 amide bonds. The Labute approximate surface area is 156 Å². The minimum absolute atomic E-state index is 0.172. The molecule has 148 valence electrons. The zero-order chi connectivity index (χ0) is 20.8. The third kappa shape index (κ3) is 3.25. The molecule has 1 aliphatic rings. The van der Waals surface area contributed by atoms with Crippen LogP contribution in [0.2, 0.25) is 0 Å². The van der Waals surface area contributed by atoms with Gasteiger partial charge >= 0.3 is 5.76 Å². The number of halogens is 5. The quantitative estimate of drug-likeness (QED) is 0.770. The first kappa shape index (κ1) is 20.2. The molecule has 2 aromatic rings. The van der Waals surface area contributed by atoms with E-state index in [1.54, 1.807) is 6.07 Å². The van der Waals surface area contributed by atoms with Crippen molar-refractivity contribution in [1.82, 2.24) is 0 Å². The van der Waals surface area contributed by atoms with Crippen LogP contribution in [-0.2, 0) is 16.3 Å². The summed E-state index contributed by atoms with van der Waals surface area (Å²) in [5.41, 5.74) is -1.65. The lowest BCUT2D eigenvalue weighted by Gasteiger charge is -2.17. The van der Waals surface area contributed by atoms with Gasteiger partial charge in [-0.15, -0.1) is 0 Å². The summed E-state index contributed by atoms with van der Waals surface area (Å²) < 4.78 is 92.3. The van der Waals surface area contributed by atoms with Crippen molar-refractivity contribution in [3.8, 4) is 6.07 Å². The van der Waals surface area contributed by atoms with Crippen molar-refractivity contribution in [3.63, 3.8) is 0 Å². The van der Waals surface area contributed by atoms with Crippen LogP contribution in [-0.4, -0.2) is 25.5 Å². The normalized spacial score (nSPS) is 20.1. The van der Waals surface area contributed by atoms with E-state index in [0.717, 1.165) is 24.3 Å². The highest BCUT2D eigenvalue weighted by atomic mass is 32.2. The first-order valence-corrected chi connectivity index (χ1v) is 9.47. The lowest BCUT2D eigenvalue weighted by atomic mass is 9.94. The van der Waals surface area contributed by atoms with Crippen LogP contribution < -0.4 is 0 Å². The molecule has 3 rings (SSSR count). The summed E-state index contributed by atoms with van der Waals surface area (Å²) >= 11 is 0. The van der Waals surface area contributed by atoms with Crippen LogP contribution in [0.5, 0.6) is 0 Å². The van der Waals surface area contributed by atoms with E-state index in [4.69, 9.17) is 5.26 Å². The Balaban J connectivity index is 2.20. The molecule has 2 aromatic carbocycles. The number of benzene rings is 2. The number of nitriles is 1. The van der Waals surface area contributed by atoms with Crippen LogP contribution in [0, 0.1) is 17.1 Å². The van der Waals surface area contributed by atoms with Gasteiger partial charge in [0.25, 0.3) is 0 Å². The monoisotopic (exact) mass is 417 g/mol. The summed E-state index contributed by atoms with van der Waals surface area (Å²) in [6.07, 6.45) is -6.73. The fourth-order valence-corrected chi connectivity index (χ4v) is 4.28. The molecule has 1 aliphatic carbocycles. The molecule has 10 heteroatoms. The number of nitrogens with zero attached hydrogens (tertiary/aromatic N) is 1. The maximum atomic E-state index is 15.1. The molecule has 0 radical (unpaired) electrons. The molecule has 0 fully saturated rings. The standard InChI is InChI=1S/C18H12F5NO3S/c19-10-4-8(7-24)3-9(5-10)16(21)11-1-2-14(28(26,27)18(22)23)15-12(11)6-13(20)17(15)25/h1-5,13,16-18,25H,6H2/t13-,16-,17-/m1/s1. The van der Waals surface area contributed by atoms with E-state index in [1.807, 2.05) is 0 Å². The number of aliphatic hydroxyl groups is 1. The van der Waals surface area contributed by atoms with E-state index < -0.39 is 56.7 Å². The zero-order valence-electron chi connectivity index (χ0n) is 13.9. The fraction of sp³-hybridized carbons (Fsp3) is 0.278. The Bertz CT molecular complexity index is 1080. The predicted octanol–water partition coefficient (Wildman–Crippen LogP) is 3.68. The second kappa shape index (κ2) is 7.14. The van der Waals surface area contributed by atoms with Crippen molar-refractivity contribution in [3.05, 3.63) is 64.0 Å². The van der Waals surface area contributed by atoms with Gasteiger partial charge in [-0.3, -0.25) is 0 Å². The molecular formula is C18H12F5NO3S. The van der Waals surface area contributed by atoms with Crippen molar-refractivity contribution < 1.29 is 35.5 Å². The number of fused-ring (bicyclic) bond motifs is 1. The number of aliphatic hydroxyl groups excluding tert-OH is 1. The lowest BCUT2D eigenvalue weighted by Crippen LogP contribution is -2.16. The summed E-state index contributed by atoms with van der Waals surface area (Å²) in [5, 5.41) is 18.9. The Hall–Kier alpha value is -2.51. The van der Waals surface area contributed by atoms with Gasteiger partial charge in [-0.1, -0.05) is 6.07 Å². The van der Waals surface area contributed by atoms with E-state index in [2.05, 4.69) is 0 Å². The van der Waals surface area contributed by atoms with Crippen LogP contribution >= 0.6 is 0 Å². The average Bonchev–Trinajstić information content (AvgIpc) is 2.94. The smallest absolute Gasteiger partial charge is 0.341 e. The van der Waals surface area contributed by atoms with Crippen LogP contribution in [0.25, 0.3) is 0 Å². The second-order valence-corrected chi connectivity index (χ2v) is 8.15. The topological polar surface area (TPSA) is 78.2 Å². The molecule has 0 saturated carbocycles. The van der Waals surface area contributed by atoms with Crippen molar-refractivity contribution >= 4 is 9.84 Å². The maximum absolute atomic E-state index is 15.1. The molecule has 3 atom stereocenters. The minimum Gasteiger partial charge on any atom is -0.385 e. The molecule has 0 saturated heterocycles. The van der Waals surface area contributed by atoms with Crippen LogP contribution in [0.3, 0.4) is 0 Å². The zero-order valence-corrected chi connectivity index (χ0v) is 14.7. The molecule has 0 unspecified atom stereocenters. The van der Waals surface area contributed by atoms with Crippen LogP contribution in [0.4, 0.5) is 22.0 Å². The summed E-state index contributed by atoms with van der Waals surface area (Å²) in [7, 11) is -5.17. The third-order valence-electron chi connectivity index (χ3n) is 4.55. The molecule has 0 spiro atoms. The Morgan fingerprint density at radius 3 is 2.46 bits per heavy atom. The average molecular weight is 417 g/mol. The molecular weight excluding hydrogens is 405 g/mol. The van der Waals surface area contributed by atoms with Crippen molar-refractivity contribution in [2.24, 2.45) is 0 Å². The summed E-state index contributed by atoms with van der Waals surface area (Å²) in [4.78, 5) is -0.974. The van der Waals surface area contributed by atoms with E-state index in [9.17, 15) is 31.1 Å². The SMILES string of the molecule is N#Cc1cc(F)cc([C@@H](F)c2ccc(S(=O)(=O)C(F)F)c3c2C[C@@H](F)[C@H]3O)c1. The number of rotatable bonds is 4. The van der Waals surface area contributed by atoms with Crippen molar-refractivity contribution in [2.45, 2.75) is 35.5 Å². The molecule has 0 aliphatic heterocycles. The summed E-state index contributed by atoms with van der Waals surface area (Å²) in [5.74, 6) is -4.70. The van der Waals surface area contributed by atoms with Gasteiger partial charge in [-0.2, -0.15) is 14.0 Å². The maximum Gasteiger partial charge on any atom is 0.341 e. The molecule has 28 heavy (non-hydrogen) atoms. The van der Waals surface area contributed by atoms with Crippen LogP contribution in [0.15, 0.2) is 35.2 Å². The molecule has 4 nitrogen and oxygen atoms in total. The largest absolute Gasteiger partial charge is 0.385 e. The summed E-state index contributed by atoms with van der Waals surface area (Å²) in [6, 6.07) is 5.96. The van der Waals surface area contributed by atoms with Gasteiger partial charge in [-0.05, 0) is 41.0 Å². The second-order valence-electron chi connectivity index (χ2n) is 6.26. The molecule has 1 N–H and O–H groups in total. The van der Waals surface area contributed by atoms with Gasteiger partial charge < -0.3 is 5.11 Å². The number of alkyl halides is 4. The minimum atomic E-state index is -5.17. The van der Waals surface area contributed by atoms with Gasteiger partial charge in [0, 0.05) is 12.0 Å². The number of hydrogen-bond acceptors (Lipinski definition) is 4. The Morgan fingerprint density at radius 2 is 1.86 bits per heavy atom. The highest BCUT2D eigenvalue weighted by Crippen LogP contribution is 2.44. The molecule has 0 aromatic heterocycles. The van der Waals surface area contributed by atoms with Crippen LogP contribution in [0.1, 0.15) is 40.1 Å². The molecule has 0 heterocycles. The van der Waals surface area contributed by atoms with Gasteiger partial charge in [0.1, 0.15) is 18.1 Å². The van der Waals surface area contributed by atoms with E-state index in [1.165, 1.54) is 0 Å². The first-order chi connectivity index (χ1) is 13.1. The van der Waals surface area contributed by atoms with Gasteiger partial charge in [-0.25, -0.2) is 21.6 Å². The molecule has 0 bridgehead atoms. The lowest BCUT2D eigenvalue weighted by molar-refractivity contribution is 0.0906. The number of hydrogen-bond donors (Lipinski definition) is 1. The van der Waals surface area contributed by atoms with Crippen molar-refractivity contribution in [2.75, 3.05) is 0 Å². The highest BCUT2D eigenvalue weighted by molar-refractivity contribution is 7.91. The van der Waals surface area contributed by atoms with Gasteiger partial charge in [0.15, 0.2) is 6.17 Å². The van der Waals surface area contributed by atoms with Gasteiger partial charge in [0.2, 0.25) is 9.84 Å². The van der Waals surface area contributed by atoms with E-state index in [0.29, 0.717) is 6.07 Å². The third-order valence-corrected chi connectivity index (χ3v) is 5.98. The number of sulfone groups is 1. The fourth-order valence-electron chi connectivity index (χ4n) is 3.28. The highest BCUT2D eigenvalue weighted by Gasteiger charge is 2.41. The van der Waals surface area contributed by atoms with E-state index in [-0.39, 0.29) is 22.3 Å². The van der Waals surface area contributed by atoms with Crippen molar-refractivity contribution in [1.29, 1.82) is 5.26 Å². The predicted molar refractivity (Wildman–Crippen MR) is 87.3 cm³/mol. The Kier molecular flexibility index (Phi) is 5.16. The first-order valence-electron chi connectivity index (χ1n) is 7.92. The summed E-state index contributed by atoms with van der Waals surface area (Å²) in [6.45, 7) is 0. The van der Waals surface area contributed by atoms with Gasteiger partial charge in [0.05, 0.1) is 16.5 Å². The van der Waals surface area contributed by atoms with E-state index >= 15 is 4.39 Å². The Morgan fingerprint density at radius 1 is 1.18 bits per heavy atom.